The Balaban J connectivity index is 2.10. The first-order valence-electron chi connectivity index (χ1n) is 7.33. The van der Waals surface area contributed by atoms with Crippen LogP contribution in [0.4, 0.5) is 18.9 Å². The van der Waals surface area contributed by atoms with E-state index in [1.807, 2.05) is 0 Å². The van der Waals surface area contributed by atoms with Gasteiger partial charge in [0.15, 0.2) is 0 Å². The highest BCUT2D eigenvalue weighted by molar-refractivity contribution is 5.92. The average Bonchev–Trinajstić information content (AvgIpc) is 2.43. The average molecular weight is 326 g/mol. The molecule has 7 heteroatoms. The number of piperidine rings is 1. The lowest BCUT2D eigenvalue weighted by molar-refractivity contribution is -0.137. The molecule has 0 bridgehead atoms. The molecule has 1 aromatic heterocycles. The van der Waals surface area contributed by atoms with Crippen LogP contribution in [-0.2, 0) is 6.18 Å². The molecule has 0 radical (unpaired) electrons. The summed E-state index contributed by atoms with van der Waals surface area (Å²) in [5.41, 5.74) is 0.776. The highest BCUT2D eigenvalue weighted by Gasteiger charge is 2.31. The lowest BCUT2D eigenvalue weighted by Crippen LogP contribution is -2.45. The number of aliphatic hydroxyl groups excluding tert-OH is 2. The Hall–Kier alpha value is -1.86. The van der Waals surface area contributed by atoms with Gasteiger partial charge in [0.05, 0.1) is 23.3 Å². The number of aryl methyl sites for hydroxylation is 1. The van der Waals surface area contributed by atoms with Crippen molar-refractivity contribution in [1.82, 2.24) is 4.98 Å². The minimum Gasteiger partial charge on any atom is -0.391 e. The lowest BCUT2D eigenvalue weighted by atomic mass is 10.0. The summed E-state index contributed by atoms with van der Waals surface area (Å²) in [7, 11) is 0. The summed E-state index contributed by atoms with van der Waals surface area (Å²) in [6, 6.07) is 5.22. The van der Waals surface area contributed by atoms with Crippen LogP contribution < -0.4 is 4.90 Å². The molecule has 23 heavy (non-hydrogen) atoms. The number of alkyl halides is 3. The molecule has 1 saturated heterocycles. The van der Waals surface area contributed by atoms with Gasteiger partial charge in [-0.2, -0.15) is 13.2 Å². The van der Waals surface area contributed by atoms with Gasteiger partial charge in [-0.15, -0.1) is 0 Å². The zero-order valence-electron chi connectivity index (χ0n) is 12.5. The van der Waals surface area contributed by atoms with E-state index in [0.29, 0.717) is 36.3 Å². The zero-order valence-corrected chi connectivity index (χ0v) is 12.5. The van der Waals surface area contributed by atoms with Crippen LogP contribution in [0.2, 0.25) is 0 Å². The van der Waals surface area contributed by atoms with Crippen molar-refractivity contribution in [2.45, 2.75) is 31.7 Å². The van der Waals surface area contributed by atoms with Crippen molar-refractivity contribution in [3.8, 4) is 0 Å². The predicted octanol–water partition coefficient (Wildman–Crippen LogP) is 2.49. The molecule has 2 N–H and O–H groups in total. The van der Waals surface area contributed by atoms with E-state index >= 15 is 0 Å². The Morgan fingerprint density at radius 1 is 1.13 bits per heavy atom. The second-order valence-corrected chi connectivity index (χ2v) is 5.96. The minimum atomic E-state index is -4.42. The number of hydrogen-bond acceptors (Lipinski definition) is 4. The van der Waals surface area contributed by atoms with Crippen LogP contribution in [0.3, 0.4) is 0 Å². The maximum Gasteiger partial charge on any atom is 0.416 e. The van der Waals surface area contributed by atoms with E-state index < -0.39 is 23.9 Å². The molecular formula is C16H17F3N2O2. The third kappa shape index (κ3) is 3.25. The van der Waals surface area contributed by atoms with Gasteiger partial charge in [0, 0.05) is 36.3 Å². The molecule has 0 saturated carbocycles. The number of halogens is 3. The molecule has 0 spiro atoms. The van der Waals surface area contributed by atoms with E-state index in [1.54, 1.807) is 17.9 Å². The summed E-state index contributed by atoms with van der Waals surface area (Å²) < 4.78 is 38.6. The third-order valence-electron chi connectivity index (χ3n) is 3.99. The first-order chi connectivity index (χ1) is 10.7. The van der Waals surface area contributed by atoms with Crippen molar-refractivity contribution in [3.63, 3.8) is 0 Å². The second-order valence-electron chi connectivity index (χ2n) is 5.96. The van der Waals surface area contributed by atoms with Gasteiger partial charge in [0.2, 0.25) is 0 Å². The van der Waals surface area contributed by atoms with Crippen LogP contribution >= 0.6 is 0 Å². The molecule has 1 aliphatic heterocycles. The molecule has 1 aliphatic rings. The molecule has 0 amide bonds. The Labute approximate surface area is 131 Å². The van der Waals surface area contributed by atoms with Crippen LogP contribution in [0.25, 0.3) is 10.9 Å². The molecule has 1 fully saturated rings. The van der Waals surface area contributed by atoms with Gasteiger partial charge in [-0.1, -0.05) is 6.07 Å². The van der Waals surface area contributed by atoms with Gasteiger partial charge < -0.3 is 15.1 Å². The van der Waals surface area contributed by atoms with Crippen LogP contribution in [0.1, 0.15) is 17.7 Å². The standard InChI is InChI=1S/C16H17F3N2O2/c1-9-4-15(21-7-11(22)6-12(23)8-21)13-3-2-10(16(17,18)19)5-14(13)20-9/h2-5,11-12,22-23H,6-8H2,1H3/t11-,12-/m1/s1. The summed E-state index contributed by atoms with van der Waals surface area (Å²) in [5.74, 6) is 0. The van der Waals surface area contributed by atoms with E-state index in [1.165, 1.54) is 6.07 Å². The molecule has 2 aromatic rings. The fraction of sp³-hybridized carbons (Fsp3) is 0.438. The second kappa shape index (κ2) is 5.65. The molecular weight excluding hydrogens is 309 g/mol. The lowest BCUT2D eigenvalue weighted by Gasteiger charge is -2.35. The number of anilines is 1. The van der Waals surface area contributed by atoms with E-state index in [0.717, 1.165) is 12.1 Å². The number of pyridine rings is 1. The zero-order chi connectivity index (χ0) is 16.8. The topological polar surface area (TPSA) is 56.6 Å². The quantitative estimate of drug-likeness (QED) is 0.845. The number of benzene rings is 1. The fourth-order valence-corrected chi connectivity index (χ4v) is 3.02. The Morgan fingerprint density at radius 2 is 1.78 bits per heavy atom. The molecule has 0 aliphatic carbocycles. The van der Waals surface area contributed by atoms with Gasteiger partial charge in [0.1, 0.15) is 0 Å². The number of rotatable bonds is 1. The van der Waals surface area contributed by atoms with Crippen molar-refractivity contribution >= 4 is 16.6 Å². The fourth-order valence-electron chi connectivity index (χ4n) is 3.02. The van der Waals surface area contributed by atoms with Crippen molar-refractivity contribution < 1.29 is 23.4 Å². The first-order valence-corrected chi connectivity index (χ1v) is 7.33. The predicted molar refractivity (Wildman–Crippen MR) is 80.3 cm³/mol. The van der Waals surface area contributed by atoms with Crippen molar-refractivity contribution in [1.29, 1.82) is 0 Å². The number of aromatic nitrogens is 1. The highest BCUT2D eigenvalue weighted by Crippen LogP contribution is 2.34. The Bertz CT molecular complexity index is 723. The van der Waals surface area contributed by atoms with E-state index in [-0.39, 0.29) is 5.52 Å². The largest absolute Gasteiger partial charge is 0.416 e. The number of hydrogen-bond donors (Lipinski definition) is 2. The third-order valence-corrected chi connectivity index (χ3v) is 3.99. The number of nitrogens with zero attached hydrogens (tertiary/aromatic N) is 2. The first kappa shape index (κ1) is 16.0. The molecule has 4 nitrogen and oxygen atoms in total. The molecule has 1 aromatic carbocycles. The summed E-state index contributed by atoms with van der Waals surface area (Å²) in [5, 5.41) is 20.2. The Kier molecular flexibility index (Phi) is 3.93. The van der Waals surface area contributed by atoms with E-state index in [4.69, 9.17) is 0 Å². The molecule has 0 unspecified atom stereocenters. The smallest absolute Gasteiger partial charge is 0.391 e. The monoisotopic (exact) mass is 326 g/mol. The van der Waals surface area contributed by atoms with Crippen molar-refractivity contribution in [2.24, 2.45) is 0 Å². The SMILES string of the molecule is Cc1cc(N2C[C@H](O)C[C@@H](O)C2)c2ccc(C(F)(F)F)cc2n1. The number of aliphatic hydroxyl groups is 2. The Morgan fingerprint density at radius 3 is 2.39 bits per heavy atom. The van der Waals surface area contributed by atoms with Crippen LogP contribution in [0.5, 0.6) is 0 Å². The van der Waals surface area contributed by atoms with Crippen LogP contribution in [-0.4, -0.2) is 40.5 Å². The normalized spacial score (nSPS) is 22.6. The van der Waals surface area contributed by atoms with Crippen molar-refractivity contribution in [3.05, 3.63) is 35.5 Å². The molecule has 2 heterocycles. The summed E-state index contributed by atoms with van der Waals surface area (Å²) in [4.78, 5) is 5.99. The maximum atomic E-state index is 12.9. The van der Waals surface area contributed by atoms with Crippen LogP contribution in [0.15, 0.2) is 24.3 Å². The van der Waals surface area contributed by atoms with Gasteiger partial charge in [-0.25, -0.2) is 0 Å². The minimum absolute atomic E-state index is 0.254. The molecule has 2 atom stereocenters. The maximum absolute atomic E-state index is 12.9. The molecule has 124 valence electrons. The summed E-state index contributed by atoms with van der Waals surface area (Å²) in [6.45, 7) is 2.37. The molecule has 3 rings (SSSR count). The number of β-amino-alcohol motifs (C(OH)–C–C–N with tert-alkyl or cyclic N) is 2. The van der Waals surface area contributed by atoms with E-state index in [2.05, 4.69) is 4.98 Å². The van der Waals surface area contributed by atoms with Gasteiger partial charge in [-0.05, 0) is 25.1 Å². The van der Waals surface area contributed by atoms with Gasteiger partial charge >= 0.3 is 6.18 Å². The van der Waals surface area contributed by atoms with E-state index in [9.17, 15) is 23.4 Å². The summed E-state index contributed by atoms with van der Waals surface area (Å²) >= 11 is 0. The van der Waals surface area contributed by atoms with Crippen molar-refractivity contribution in [2.75, 3.05) is 18.0 Å². The van der Waals surface area contributed by atoms with Gasteiger partial charge in [0.25, 0.3) is 0 Å². The highest BCUT2D eigenvalue weighted by atomic mass is 19.4. The van der Waals surface area contributed by atoms with Gasteiger partial charge in [-0.3, -0.25) is 4.98 Å². The summed E-state index contributed by atoms with van der Waals surface area (Å²) in [6.07, 6.45) is -5.46. The number of fused-ring (bicyclic) bond motifs is 1. The van der Waals surface area contributed by atoms with Crippen LogP contribution in [0, 0.1) is 6.92 Å².